The number of rotatable bonds is 7. The number of aliphatic carboxylic acids is 1. The molecule has 2 atom stereocenters. The number of nitrogens with zero attached hydrogens (tertiary/aromatic N) is 1. The molecule has 2 amide bonds. The minimum absolute atomic E-state index is 0.0253. The lowest BCUT2D eigenvalue weighted by Gasteiger charge is -2.31. The fourth-order valence-corrected chi connectivity index (χ4v) is 2.36. The highest BCUT2D eigenvalue weighted by Crippen LogP contribution is 2.15. The lowest BCUT2D eigenvalue weighted by molar-refractivity contribution is -0.140. The summed E-state index contributed by atoms with van der Waals surface area (Å²) in [5.41, 5.74) is 5.26. The van der Waals surface area contributed by atoms with Crippen molar-refractivity contribution in [2.24, 2.45) is 11.7 Å². The Morgan fingerprint density at radius 3 is 2.70 bits per heavy atom. The van der Waals surface area contributed by atoms with Gasteiger partial charge >= 0.3 is 5.97 Å². The maximum atomic E-state index is 12.0. The highest BCUT2D eigenvalue weighted by molar-refractivity contribution is 5.82. The third kappa shape index (κ3) is 4.80. The maximum Gasteiger partial charge on any atom is 0.320 e. The zero-order chi connectivity index (χ0) is 15.1. The van der Waals surface area contributed by atoms with E-state index in [2.05, 4.69) is 5.32 Å². The van der Waals surface area contributed by atoms with Crippen LogP contribution in [0.2, 0.25) is 0 Å². The highest BCUT2D eigenvalue weighted by Gasteiger charge is 2.27. The van der Waals surface area contributed by atoms with Crippen molar-refractivity contribution >= 4 is 17.8 Å². The van der Waals surface area contributed by atoms with Crippen LogP contribution in [0.25, 0.3) is 0 Å². The van der Waals surface area contributed by atoms with Crippen LogP contribution in [0.3, 0.4) is 0 Å². The Balaban J connectivity index is 2.45. The predicted octanol–water partition coefficient (Wildman–Crippen LogP) is -0.447. The van der Waals surface area contributed by atoms with Gasteiger partial charge in [-0.3, -0.25) is 19.7 Å². The Morgan fingerprint density at radius 1 is 1.45 bits per heavy atom. The van der Waals surface area contributed by atoms with E-state index in [1.165, 1.54) is 0 Å². The number of primary amides is 1. The third-order valence-corrected chi connectivity index (χ3v) is 3.55. The molecule has 20 heavy (non-hydrogen) atoms. The van der Waals surface area contributed by atoms with E-state index < -0.39 is 12.0 Å². The largest absolute Gasteiger partial charge is 0.480 e. The molecule has 0 aromatic rings. The van der Waals surface area contributed by atoms with Gasteiger partial charge in [-0.25, -0.2) is 0 Å². The number of likely N-dealkylation sites (tertiary alicyclic amines) is 1. The molecule has 114 valence electrons. The molecule has 1 fully saturated rings. The molecule has 0 saturated carbocycles. The second kappa shape index (κ2) is 7.84. The van der Waals surface area contributed by atoms with E-state index in [1.807, 2.05) is 6.92 Å². The molecule has 1 aliphatic rings. The Labute approximate surface area is 118 Å². The molecule has 0 spiro atoms. The van der Waals surface area contributed by atoms with E-state index in [1.54, 1.807) is 4.90 Å². The Hall–Kier alpha value is -1.63. The summed E-state index contributed by atoms with van der Waals surface area (Å²) in [5, 5.41) is 11.7. The molecule has 0 aromatic carbocycles. The van der Waals surface area contributed by atoms with E-state index >= 15 is 0 Å². The van der Waals surface area contributed by atoms with Gasteiger partial charge < -0.3 is 15.7 Å². The van der Waals surface area contributed by atoms with Crippen molar-refractivity contribution in [2.75, 3.05) is 19.6 Å². The van der Waals surface area contributed by atoms with Crippen molar-refractivity contribution in [3.8, 4) is 0 Å². The quantitative estimate of drug-likeness (QED) is 0.586. The Bertz CT molecular complexity index is 373. The normalized spacial score (nSPS) is 20.4. The molecule has 7 heteroatoms. The average molecular weight is 285 g/mol. The van der Waals surface area contributed by atoms with Crippen molar-refractivity contribution < 1.29 is 19.5 Å². The molecule has 0 aliphatic carbocycles. The molecule has 1 rings (SSSR count). The van der Waals surface area contributed by atoms with Gasteiger partial charge in [0.15, 0.2) is 0 Å². The van der Waals surface area contributed by atoms with E-state index in [0.29, 0.717) is 25.9 Å². The van der Waals surface area contributed by atoms with Gasteiger partial charge in [0.05, 0.1) is 12.5 Å². The standard InChI is InChI=1S/C13H23N3O4/c1-2-4-10(13(19)20)15-7-11(17)16-6-3-5-9(8-16)12(14)18/h9-10,15H,2-8H2,1H3,(H2,14,18)(H,19,20). The van der Waals surface area contributed by atoms with Gasteiger partial charge in [-0.1, -0.05) is 13.3 Å². The molecule has 1 saturated heterocycles. The third-order valence-electron chi connectivity index (χ3n) is 3.55. The topological polar surface area (TPSA) is 113 Å². The Kier molecular flexibility index (Phi) is 6.44. The predicted molar refractivity (Wildman–Crippen MR) is 72.8 cm³/mol. The van der Waals surface area contributed by atoms with Crippen LogP contribution in [0.4, 0.5) is 0 Å². The van der Waals surface area contributed by atoms with Crippen LogP contribution in [-0.2, 0) is 14.4 Å². The summed E-state index contributed by atoms with van der Waals surface area (Å²) < 4.78 is 0. The molecule has 2 unspecified atom stereocenters. The number of carbonyl (C=O) groups excluding carboxylic acids is 2. The molecule has 4 N–H and O–H groups in total. The summed E-state index contributed by atoms with van der Waals surface area (Å²) >= 11 is 0. The van der Waals surface area contributed by atoms with Crippen LogP contribution in [0, 0.1) is 5.92 Å². The van der Waals surface area contributed by atoms with Crippen molar-refractivity contribution in [3.05, 3.63) is 0 Å². The number of hydrogen-bond donors (Lipinski definition) is 3. The molecule has 0 aromatic heterocycles. The second-order valence-electron chi connectivity index (χ2n) is 5.14. The van der Waals surface area contributed by atoms with Gasteiger partial charge in [0, 0.05) is 13.1 Å². The lowest BCUT2D eigenvalue weighted by atomic mass is 9.97. The number of nitrogens with one attached hydrogen (secondary N) is 1. The van der Waals surface area contributed by atoms with E-state index in [0.717, 1.165) is 12.8 Å². The van der Waals surface area contributed by atoms with Gasteiger partial charge in [0.2, 0.25) is 11.8 Å². The molecular formula is C13H23N3O4. The first-order chi connectivity index (χ1) is 9.45. The molecular weight excluding hydrogens is 262 g/mol. The van der Waals surface area contributed by atoms with Crippen molar-refractivity contribution in [3.63, 3.8) is 0 Å². The van der Waals surface area contributed by atoms with Gasteiger partial charge in [-0.2, -0.15) is 0 Å². The number of hydrogen-bond acceptors (Lipinski definition) is 4. The lowest BCUT2D eigenvalue weighted by Crippen LogP contribution is -2.49. The van der Waals surface area contributed by atoms with Crippen LogP contribution >= 0.6 is 0 Å². The van der Waals surface area contributed by atoms with Gasteiger partial charge in [-0.15, -0.1) is 0 Å². The Morgan fingerprint density at radius 2 is 2.15 bits per heavy atom. The zero-order valence-corrected chi connectivity index (χ0v) is 11.8. The maximum absolute atomic E-state index is 12.0. The SMILES string of the molecule is CCCC(NCC(=O)N1CCCC(C(N)=O)C1)C(=O)O. The first kappa shape index (κ1) is 16.4. The van der Waals surface area contributed by atoms with Gasteiger partial charge in [0.1, 0.15) is 6.04 Å². The average Bonchev–Trinajstić information content (AvgIpc) is 2.42. The number of carboxylic acid groups (broad SMARTS) is 1. The summed E-state index contributed by atoms with van der Waals surface area (Å²) in [6, 6.07) is -0.708. The summed E-state index contributed by atoms with van der Waals surface area (Å²) in [6.07, 6.45) is 2.66. The number of piperidine rings is 1. The number of amides is 2. The van der Waals surface area contributed by atoms with Crippen LogP contribution in [0.1, 0.15) is 32.6 Å². The van der Waals surface area contributed by atoms with Crippen LogP contribution < -0.4 is 11.1 Å². The minimum atomic E-state index is -0.951. The summed E-state index contributed by atoms with van der Waals surface area (Å²) in [5.74, 6) is -1.81. The molecule has 1 aliphatic heterocycles. The fourth-order valence-electron chi connectivity index (χ4n) is 2.36. The number of carbonyl (C=O) groups is 3. The summed E-state index contributed by atoms with van der Waals surface area (Å²) in [7, 11) is 0. The zero-order valence-electron chi connectivity index (χ0n) is 11.8. The summed E-state index contributed by atoms with van der Waals surface area (Å²) in [4.78, 5) is 35.7. The molecule has 0 bridgehead atoms. The van der Waals surface area contributed by atoms with Crippen molar-refractivity contribution in [2.45, 2.75) is 38.6 Å². The second-order valence-corrected chi connectivity index (χ2v) is 5.14. The van der Waals surface area contributed by atoms with Crippen molar-refractivity contribution in [1.82, 2.24) is 10.2 Å². The molecule has 0 radical (unpaired) electrons. The van der Waals surface area contributed by atoms with Gasteiger partial charge in [-0.05, 0) is 19.3 Å². The number of carboxylic acids is 1. The first-order valence-electron chi connectivity index (χ1n) is 6.99. The monoisotopic (exact) mass is 285 g/mol. The molecule has 7 nitrogen and oxygen atoms in total. The van der Waals surface area contributed by atoms with Gasteiger partial charge in [0.25, 0.3) is 0 Å². The minimum Gasteiger partial charge on any atom is -0.480 e. The first-order valence-corrected chi connectivity index (χ1v) is 6.99. The molecule has 1 heterocycles. The van der Waals surface area contributed by atoms with E-state index in [9.17, 15) is 14.4 Å². The fraction of sp³-hybridized carbons (Fsp3) is 0.769. The number of nitrogens with two attached hydrogens (primary N) is 1. The highest BCUT2D eigenvalue weighted by atomic mass is 16.4. The van der Waals surface area contributed by atoms with E-state index in [4.69, 9.17) is 10.8 Å². The van der Waals surface area contributed by atoms with Crippen molar-refractivity contribution in [1.29, 1.82) is 0 Å². The van der Waals surface area contributed by atoms with E-state index in [-0.39, 0.29) is 24.3 Å². The summed E-state index contributed by atoms with van der Waals surface area (Å²) in [6.45, 7) is 2.79. The van der Waals surface area contributed by atoms with Crippen LogP contribution in [-0.4, -0.2) is 53.5 Å². The van der Waals surface area contributed by atoms with Crippen LogP contribution in [0.15, 0.2) is 0 Å². The van der Waals surface area contributed by atoms with Crippen LogP contribution in [0.5, 0.6) is 0 Å². The smallest absolute Gasteiger partial charge is 0.320 e.